The molecule has 3 rings (SSSR count). The van der Waals surface area contributed by atoms with Crippen molar-refractivity contribution in [2.75, 3.05) is 12.4 Å². The monoisotopic (exact) mass is 323 g/mol. The number of carbonyl (C=O) groups is 1. The summed E-state index contributed by atoms with van der Waals surface area (Å²) >= 11 is 0. The summed E-state index contributed by atoms with van der Waals surface area (Å²) in [4.78, 5) is 22.3. The maximum absolute atomic E-state index is 12.5. The Hall–Kier alpha value is -3.22. The average Bonchev–Trinajstić information content (AvgIpc) is 3.00. The summed E-state index contributed by atoms with van der Waals surface area (Å²) in [7, 11) is 1.74. The number of aromatic nitrogens is 3. The highest BCUT2D eigenvalue weighted by atomic mass is 16.5. The normalized spacial score (nSPS) is 10.4. The zero-order chi connectivity index (χ0) is 16.9. The van der Waals surface area contributed by atoms with Crippen molar-refractivity contribution in [2.24, 2.45) is 0 Å². The Morgan fingerprint density at radius 1 is 1.17 bits per heavy atom. The van der Waals surface area contributed by atoms with Crippen LogP contribution in [0.3, 0.4) is 0 Å². The predicted molar refractivity (Wildman–Crippen MR) is 88.8 cm³/mol. The lowest BCUT2D eigenvalue weighted by Gasteiger charge is -2.17. The summed E-state index contributed by atoms with van der Waals surface area (Å²) in [6.45, 7) is 2.31. The second-order valence-electron chi connectivity index (χ2n) is 5.38. The Labute approximate surface area is 139 Å². The van der Waals surface area contributed by atoms with Crippen LogP contribution in [-0.2, 0) is 6.54 Å². The summed E-state index contributed by atoms with van der Waals surface area (Å²) in [6.07, 6.45) is 1.35. The van der Waals surface area contributed by atoms with E-state index in [-0.39, 0.29) is 5.91 Å². The van der Waals surface area contributed by atoms with Gasteiger partial charge in [-0.2, -0.15) is 0 Å². The number of rotatable bonds is 5. The fourth-order valence-corrected chi connectivity index (χ4v) is 2.22. The van der Waals surface area contributed by atoms with Crippen molar-refractivity contribution < 1.29 is 9.32 Å². The van der Waals surface area contributed by atoms with Crippen LogP contribution in [0, 0.1) is 6.92 Å². The minimum Gasteiger partial charge on any atom is -0.360 e. The van der Waals surface area contributed by atoms with E-state index in [0.29, 0.717) is 29.6 Å². The lowest BCUT2D eigenvalue weighted by molar-refractivity contribution is 0.0779. The number of aryl methyl sites for hydroxylation is 1. The van der Waals surface area contributed by atoms with Crippen molar-refractivity contribution in [3.63, 3.8) is 0 Å². The SMILES string of the molecule is Cc1cc(Nc2cc(C(=O)N(C)Cc3ccccc3)ncn2)no1. The Kier molecular flexibility index (Phi) is 4.51. The smallest absolute Gasteiger partial charge is 0.272 e. The molecule has 7 heteroatoms. The molecule has 1 amide bonds. The van der Waals surface area contributed by atoms with E-state index in [0.717, 1.165) is 5.56 Å². The van der Waals surface area contributed by atoms with E-state index in [4.69, 9.17) is 4.52 Å². The fraction of sp³-hybridized carbons (Fsp3) is 0.176. The van der Waals surface area contributed by atoms with Crippen LogP contribution in [0.25, 0.3) is 0 Å². The molecule has 122 valence electrons. The molecule has 0 radical (unpaired) electrons. The van der Waals surface area contributed by atoms with Gasteiger partial charge in [0.05, 0.1) is 0 Å². The van der Waals surface area contributed by atoms with Crippen LogP contribution < -0.4 is 5.32 Å². The van der Waals surface area contributed by atoms with Gasteiger partial charge in [-0.15, -0.1) is 0 Å². The lowest BCUT2D eigenvalue weighted by atomic mass is 10.2. The van der Waals surface area contributed by atoms with Gasteiger partial charge >= 0.3 is 0 Å². The molecule has 0 fully saturated rings. The zero-order valence-electron chi connectivity index (χ0n) is 13.4. The highest BCUT2D eigenvalue weighted by molar-refractivity contribution is 5.92. The standard InChI is InChI=1S/C17H17N5O2/c1-12-8-16(21-24-12)20-15-9-14(18-11-19-15)17(23)22(2)10-13-6-4-3-5-7-13/h3-9,11H,10H2,1-2H3,(H,18,19,20,21). The van der Waals surface area contributed by atoms with Crippen molar-refractivity contribution >= 4 is 17.5 Å². The quantitative estimate of drug-likeness (QED) is 0.777. The number of amides is 1. The molecule has 1 aromatic carbocycles. The molecule has 0 aliphatic carbocycles. The van der Waals surface area contributed by atoms with Crippen molar-refractivity contribution in [1.29, 1.82) is 0 Å². The van der Waals surface area contributed by atoms with E-state index >= 15 is 0 Å². The Morgan fingerprint density at radius 3 is 2.67 bits per heavy atom. The van der Waals surface area contributed by atoms with Gasteiger partial charge in [0.1, 0.15) is 23.6 Å². The van der Waals surface area contributed by atoms with E-state index in [1.807, 2.05) is 30.3 Å². The van der Waals surface area contributed by atoms with Crippen molar-refractivity contribution in [2.45, 2.75) is 13.5 Å². The molecule has 0 spiro atoms. The van der Waals surface area contributed by atoms with Gasteiger partial charge in [0.25, 0.3) is 5.91 Å². The second kappa shape index (κ2) is 6.91. The molecule has 0 saturated carbocycles. The minimum absolute atomic E-state index is 0.180. The van der Waals surface area contributed by atoms with Crippen LogP contribution in [0.4, 0.5) is 11.6 Å². The third-order valence-electron chi connectivity index (χ3n) is 3.38. The number of hydrogen-bond acceptors (Lipinski definition) is 6. The van der Waals surface area contributed by atoms with Gasteiger partial charge in [0, 0.05) is 25.7 Å². The van der Waals surface area contributed by atoms with Crippen molar-refractivity contribution in [3.05, 3.63) is 65.8 Å². The molecule has 0 saturated heterocycles. The van der Waals surface area contributed by atoms with E-state index in [1.165, 1.54) is 6.33 Å². The molecule has 0 aliphatic rings. The molecule has 1 N–H and O–H groups in total. The molecule has 0 aliphatic heterocycles. The van der Waals surface area contributed by atoms with Crippen LogP contribution in [0.5, 0.6) is 0 Å². The van der Waals surface area contributed by atoms with Gasteiger partial charge in [0.2, 0.25) is 0 Å². The van der Waals surface area contributed by atoms with Gasteiger partial charge in [-0.3, -0.25) is 4.79 Å². The van der Waals surface area contributed by atoms with Gasteiger partial charge < -0.3 is 14.7 Å². The number of nitrogens with zero attached hydrogens (tertiary/aromatic N) is 4. The molecule has 0 atom stereocenters. The Morgan fingerprint density at radius 2 is 1.96 bits per heavy atom. The largest absolute Gasteiger partial charge is 0.360 e. The van der Waals surface area contributed by atoms with Gasteiger partial charge in [0.15, 0.2) is 5.82 Å². The molecule has 2 heterocycles. The summed E-state index contributed by atoms with van der Waals surface area (Å²) in [5.74, 6) is 1.52. The van der Waals surface area contributed by atoms with E-state index < -0.39 is 0 Å². The van der Waals surface area contributed by atoms with E-state index in [2.05, 4.69) is 20.4 Å². The van der Waals surface area contributed by atoms with Gasteiger partial charge in [-0.05, 0) is 12.5 Å². The zero-order valence-corrected chi connectivity index (χ0v) is 13.4. The Bertz CT molecular complexity index is 832. The molecular weight excluding hydrogens is 306 g/mol. The second-order valence-corrected chi connectivity index (χ2v) is 5.38. The number of carbonyl (C=O) groups excluding carboxylic acids is 1. The first kappa shape index (κ1) is 15.7. The molecule has 24 heavy (non-hydrogen) atoms. The third-order valence-corrected chi connectivity index (χ3v) is 3.38. The van der Waals surface area contributed by atoms with Crippen LogP contribution in [0.15, 0.2) is 53.3 Å². The first-order valence-corrected chi connectivity index (χ1v) is 7.43. The molecule has 7 nitrogen and oxygen atoms in total. The van der Waals surface area contributed by atoms with Gasteiger partial charge in [-0.25, -0.2) is 9.97 Å². The van der Waals surface area contributed by atoms with Crippen molar-refractivity contribution in [3.8, 4) is 0 Å². The average molecular weight is 323 g/mol. The maximum atomic E-state index is 12.5. The van der Waals surface area contributed by atoms with E-state index in [1.54, 1.807) is 31.0 Å². The third kappa shape index (κ3) is 3.75. The predicted octanol–water partition coefficient (Wildman–Crippen LogP) is 2.79. The summed E-state index contributed by atoms with van der Waals surface area (Å²) < 4.78 is 4.99. The number of nitrogens with one attached hydrogen (secondary N) is 1. The summed E-state index contributed by atoms with van der Waals surface area (Å²) in [5, 5.41) is 6.82. The minimum atomic E-state index is -0.180. The first-order chi connectivity index (χ1) is 11.6. The lowest BCUT2D eigenvalue weighted by Crippen LogP contribution is -2.27. The number of anilines is 2. The molecular formula is C17H17N5O2. The van der Waals surface area contributed by atoms with Crippen LogP contribution >= 0.6 is 0 Å². The summed E-state index contributed by atoms with van der Waals surface area (Å²) in [6, 6.07) is 13.1. The van der Waals surface area contributed by atoms with Crippen LogP contribution in [0.2, 0.25) is 0 Å². The molecule has 0 bridgehead atoms. The highest BCUT2D eigenvalue weighted by Crippen LogP contribution is 2.15. The van der Waals surface area contributed by atoms with Crippen molar-refractivity contribution in [1.82, 2.24) is 20.0 Å². The van der Waals surface area contributed by atoms with Crippen LogP contribution in [-0.4, -0.2) is 33.0 Å². The maximum Gasteiger partial charge on any atom is 0.272 e. The molecule has 0 unspecified atom stereocenters. The topological polar surface area (TPSA) is 84.2 Å². The van der Waals surface area contributed by atoms with Crippen LogP contribution in [0.1, 0.15) is 21.8 Å². The number of hydrogen-bond donors (Lipinski definition) is 1. The Balaban J connectivity index is 1.71. The highest BCUT2D eigenvalue weighted by Gasteiger charge is 2.15. The first-order valence-electron chi connectivity index (χ1n) is 7.43. The molecule has 3 aromatic rings. The summed E-state index contributed by atoms with van der Waals surface area (Å²) in [5.41, 5.74) is 1.37. The fourth-order valence-electron chi connectivity index (χ4n) is 2.22. The van der Waals surface area contributed by atoms with E-state index in [9.17, 15) is 4.79 Å². The molecule has 2 aromatic heterocycles. The van der Waals surface area contributed by atoms with Gasteiger partial charge in [-0.1, -0.05) is 35.5 Å². The number of benzene rings is 1.